The minimum absolute atomic E-state index is 0.0999. The first kappa shape index (κ1) is 15.1. The van der Waals surface area contributed by atoms with Crippen LogP contribution in [-0.4, -0.2) is 40.5 Å². The Bertz CT molecular complexity index is 359. The van der Waals surface area contributed by atoms with E-state index in [0.29, 0.717) is 13.1 Å². The van der Waals surface area contributed by atoms with E-state index in [1.165, 1.54) is 11.8 Å². The van der Waals surface area contributed by atoms with Gasteiger partial charge in [-0.3, -0.25) is 10.1 Å². The van der Waals surface area contributed by atoms with Crippen molar-refractivity contribution in [2.24, 2.45) is 0 Å². The van der Waals surface area contributed by atoms with E-state index >= 15 is 0 Å². The third-order valence-electron chi connectivity index (χ3n) is 2.63. The zero-order valence-corrected chi connectivity index (χ0v) is 11.2. The molecule has 0 aromatic rings. The zero-order valence-electron chi connectivity index (χ0n) is 9.63. The Hall–Kier alpha value is -0.990. The summed E-state index contributed by atoms with van der Waals surface area (Å²) < 4.78 is 37.2. The van der Waals surface area contributed by atoms with Crippen molar-refractivity contribution in [1.29, 1.82) is 0 Å². The van der Waals surface area contributed by atoms with Crippen LogP contribution in [0.15, 0.2) is 11.5 Å². The van der Waals surface area contributed by atoms with Gasteiger partial charge >= 0.3 is 6.18 Å². The highest BCUT2D eigenvalue weighted by atomic mass is 79.9. The van der Waals surface area contributed by atoms with Gasteiger partial charge in [-0.25, -0.2) is 0 Å². The Labute approximate surface area is 110 Å². The molecule has 1 aliphatic heterocycles. The van der Waals surface area contributed by atoms with Gasteiger partial charge in [0.05, 0.1) is 11.3 Å². The summed E-state index contributed by atoms with van der Waals surface area (Å²) in [6, 6.07) is -0.843. The number of halogens is 4. The van der Waals surface area contributed by atoms with Crippen LogP contribution in [0.2, 0.25) is 0 Å². The minimum atomic E-state index is -4.30. The molecular weight excluding hydrogens is 319 g/mol. The van der Waals surface area contributed by atoms with E-state index in [4.69, 9.17) is 0 Å². The molecule has 104 valence electrons. The number of allylic oxidation sites excluding steroid dienone is 1. The van der Waals surface area contributed by atoms with E-state index in [0.717, 1.165) is 0 Å². The van der Waals surface area contributed by atoms with E-state index in [2.05, 4.69) is 21.2 Å². The van der Waals surface area contributed by atoms with Gasteiger partial charge in [0, 0.05) is 31.4 Å². The lowest BCUT2D eigenvalue weighted by molar-refractivity contribution is -0.426. The van der Waals surface area contributed by atoms with Crippen LogP contribution in [0, 0.1) is 10.1 Å². The summed E-state index contributed by atoms with van der Waals surface area (Å²) in [5.74, 6) is 0.175. The fraction of sp³-hybridized carbons (Fsp3) is 0.778. The number of alkyl halides is 4. The lowest BCUT2D eigenvalue weighted by atomic mass is 10.2. The van der Waals surface area contributed by atoms with E-state index in [1.807, 2.05) is 0 Å². The predicted molar refractivity (Wildman–Crippen MR) is 62.7 cm³/mol. The van der Waals surface area contributed by atoms with Gasteiger partial charge in [0.2, 0.25) is 0 Å². The fourth-order valence-corrected chi connectivity index (χ4v) is 2.39. The molecule has 1 atom stereocenters. The Morgan fingerprint density at radius 2 is 2.28 bits per heavy atom. The number of rotatable bonds is 4. The summed E-state index contributed by atoms with van der Waals surface area (Å²) in [5.41, 5.74) is -0.166. The van der Waals surface area contributed by atoms with Crippen LogP contribution in [0.3, 0.4) is 0 Å². The molecule has 0 aromatic heterocycles. The highest BCUT2D eigenvalue weighted by molar-refractivity contribution is 9.09. The molecule has 1 heterocycles. The first-order valence-electron chi connectivity index (χ1n) is 5.24. The van der Waals surface area contributed by atoms with E-state index in [-0.39, 0.29) is 16.8 Å². The molecule has 0 bridgehead atoms. The first-order chi connectivity index (χ1) is 8.26. The molecule has 0 radical (unpaired) electrons. The molecule has 0 spiro atoms. The maximum absolute atomic E-state index is 12.4. The average Bonchev–Trinajstić information content (AvgIpc) is 2.71. The second kappa shape index (κ2) is 5.77. The van der Waals surface area contributed by atoms with E-state index in [9.17, 15) is 23.3 Å². The Morgan fingerprint density at radius 3 is 2.72 bits per heavy atom. The second-order valence-corrected chi connectivity index (χ2v) is 4.59. The van der Waals surface area contributed by atoms with Crippen molar-refractivity contribution in [3.63, 3.8) is 0 Å². The van der Waals surface area contributed by atoms with Crippen LogP contribution in [0.4, 0.5) is 13.2 Å². The van der Waals surface area contributed by atoms with Gasteiger partial charge in [-0.2, -0.15) is 13.2 Å². The van der Waals surface area contributed by atoms with Gasteiger partial charge in [-0.05, 0) is 0 Å². The van der Waals surface area contributed by atoms with Crippen molar-refractivity contribution in [3.8, 4) is 0 Å². The van der Waals surface area contributed by atoms with Crippen LogP contribution >= 0.6 is 15.9 Å². The number of nitro groups is 1. The topological polar surface area (TPSA) is 58.4 Å². The van der Waals surface area contributed by atoms with Crippen molar-refractivity contribution < 1.29 is 18.1 Å². The largest absolute Gasteiger partial charge is 0.391 e. The van der Waals surface area contributed by atoms with Gasteiger partial charge < -0.3 is 10.2 Å². The fourth-order valence-electron chi connectivity index (χ4n) is 1.81. The molecule has 0 saturated carbocycles. The van der Waals surface area contributed by atoms with Crippen molar-refractivity contribution in [3.05, 3.63) is 21.6 Å². The molecule has 0 amide bonds. The molecule has 1 rings (SSSR count). The highest BCUT2D eigenvalue weighted by Crippen LogP contribution is 2.28. The van der Waals surface area contributed by atoms with Crippen molar-refractivity contribution in [2.75, 3.05) is 18.4 Å². The second-order valence-electron chi connectivity index (χ2n) is 3.94. The van der Waals surface area contributed by atoms with Crippen LogP contribution < -0.4 is 5.32 Å². The Balaban J connectivity index is 2.92. The third kappa shape index (κ3) is 3.76. The third-order valence-corrected chi connectivity index (χ3v) is 3.38. The van der Waals surface area contributed by atoms with Gasteiger partial charge in [0.1, 0.15) is 0 Å². The van der Waals surface area contributed by atoms with E-state index < -0.39 is 23.6 Å². The molecule has 5 nitrogen and oxygen atoms in total. The van der Waals surface area contributed by atoms with Gasteiger partial charge in [0.25, 0.3) is 5.70 Å². The van der Waals surface area contributed by atoms with Crippen LogP contribution in [0.25, 0.3) is 0 Å². The number of nitrogens with zero attached hydrogens (tertiary/aromatic N) is 2. The average molecular weight is 332 g/mol. The minimum Gasteiger partial charge on any atom is -0.365 e. The van der Waals surface area contributed by atoms with Crippen molar-refractivity contribution >= 4 is 15.9 Å². The molecular formula is C9H13BrF3N3O2. The smallest absolute Gasteiger partial charge is 0.365 e. The molecule has 1 unspecified atom stereocenters. The number of hydrogen-bond acceptors (Lipinski definition) is 4. The molecule has 1 N–H and O–H groups in total. The van der Waals surface area contributed by atoms with Crippen LogP contribution in [0.1, 0.15) is 13.3 Å². The molecule has 18 heavy (non-hydrogen) atoms. The summed E-state index contributed by atoms with van der Waals surface area (Å²) >= 11 is 3.03. The summed E-state index contributed by atoms with van der Waals surface area (Å²) in [6.07, 6.45) is -5.30. The molecule has 1 aliphatic rings. The SMILES string of the molecule is C/C(=C1\NCCN1C(CBr)CC(F)(F)F)[N+](=O)[O-]. The zero-order chi connectivity index (χ0) is 13.9. The van der Waals surface area contributed by atoms with Crippen LogP contribution in [0.5, 0.6) is 0 Å². The maximum Gasteiger partial charge on any atom is 0.391 e. The lowest BCUT2D eigenvalue weighted by Crippen LogP contribution is -2.38. The number of nitrogens with one attached hydrogen (secondary N) is 1. The van der Waals surface area contributed by atoms with Gasteiger partial charge in [-0.1, -0.05) is 15.9 Å². The lowest BCUT2D eigenvalue weighted by Gasteiger charge is -2.28. The molecule has 0 aromatic carbocycles. The maximum atomic E-state index is 12.4. The summed E-state index contributed by atoms with van der Waals surface area (Å²) in [4.78, 5) is 11.5. The van der Waals surface area contributed by atoms with Gasteiger partial charge in [-0.15, -0.1) is 0 Å². The Kier molecular flexibility index (Phi) is 4.83. The standard InChI is InChI=1S/C9H13BrF3N3O2/c1-6(16(17)18)8-14-2-3-15(8)7(5-10)4-9(11,12)13/h7,14H,2-5H2,1H3/b8-6-. The van der Waals surface area contributed by atoms with Crippen molar-refractivity contribution in [1.82, 2.24) is 10.2 Å². The quantitative estimate of drug-likeness (QED) is 0.486. The molecule has 1 saturated heterocycles. The molecule has 0 aliphatic carbocycles. The van der Waals surface area contributed by atoms with E-state index in [1.54, 1.807) is 0 Å². The van der Waals surface area contributed by atoms with Gasteiger partial charge in [0.15, 0.2) is 5.82 Å². The summed E-state index contributed by atoms with van der Waals surface area (Å²) in [6.45, 7) is 2.01. The van der Waals surface area contributed by atoms with Crippen molar-refractivity contribution in [2.45, 2.75) is 25.6 Å². The first-order valence-corrected chi connectivity index (χ1v) is 6.37. The Morgan fingerprint density at radius 1 is 1.67 bits per heavy atom. The normalized spacial score (nSPS) is 20.6. The van der Waals surface area contributed by atoms with Crippen LogP contribution in [-0.2, 0) is 0 Å². The monoisotopic (exact) mass is 331 g/mol. The summed E-state index contributed by atoms with van der Waals surface area (Å²) in [5, 5.41) is 13.5. The molecule has 9 heteroatoms. The predicted octanol–water partition coefficient (Wildman–Crippen LogP) is 2.07. The number of hydrogen-bond donors (Lipinski definition) is 1. The summed E-state index contributed by atoms with van der Waals surface area (Å²) in [7, 11) is 0. The molecule has 1 fully saturated rings. The highest BCUT2D eigenvalue weighted by Gasteiger charge is 2.37.